The quantitative estimate of drug-likeness (QED) is 0.783. The van der Waals surface area contributed by atoms with Crippen LogP contribution < -0.4 is 5.32 Å². The fourth-order valence-electron chi connectivity index (χ4n) is 3.01. The molecule has 92 valence electrons. The van der Waals surface area contributed by atoms with Crippen molar-refractivity contribution >= 4 is 5.91 Å². The van der Waals surface area contributed by atoms with E-state index in [1.54, 1.807) is 0 Å². The molecule has 2 aliphatic carbocycles. The molecule has 2 aliphatic rings. The van der Waals surface area contributed by atoms with Gasteiger partial charge in [0.1, 0.15) is 0 Å². The monoisotopic (exact) mass is 223 g/mol. The molecule has 2 rings (SSSR count). The number of nitrogens with one attached hydrogen (secondary N) is 1. The zero-order chi connectivity index (χ0) is 11.7. The zero-order valence-corrected chi connectivity index (χ0v) is 10.8. The predicted molar refractivity (Wildman–Crippen MR) is 66.0 cm³/mol. The standard InChI is InChI=1S/C14H25NO/c1-9(2)12-7-4-10(3)8-13(12)15-14(16)11-5-6-11/h9-13H,4-8H2,1-3H3,(H,15,16)/t10-,12?,13+/m0/s1. The zero-order valence-electron chi connectivity index (χ0n) is 10.8. The second kappa shape index (κ2) is 4.77. The third-order valence-electron chi connectivity index (χ3n) is 4.30. The van der Waals surface area contributed by atoms with E-state index in [1.807, 2.05) is 0 Å². The van der Waals surface area contributed by atoms with E-state index in [9.17, 15) is 4.79 Å². The lowest BCUT2D eigenvalue weighted by molar-refractivity contribution is -0.123. The Kier molecular flexibility index (Phi) is 3.56. The van der Waals surface area contributed by atoms with Crippen molar-refractivity contribution in [2.45, 2.75) is 58.9 Å². The Morgan fingerprint density at radius 3 is 2.44 bits per heavy atom. The molecule has 0 aromatic rings. The van der Waals surface area contributed by atoms with Gasteiger partial charge in [-0.05, 0) is 43.4 Å². The van der Waals surface area contributed by atoms with Crippen LogP contribution in [0.15, 0.2) is 0 Å². The van der Waals surface area contributed by atoms with E-state index in [1.165, 1.54) is 19.3 Å². The van der Waals surface area contributed by atoms with Gasteiger partial charge in [0.05, 0.1) is 0 Å². The van der Waals surface area contributed by atoms with Crippen molar-refractivity contribution in [3.05, 3.63) is 0 Å². The van der Waals surface area contributed by atoms with Crippen LogP contribution >= 0.6 is 0 Å². The van der Waals surface area contributed by atoms with Crippen LogP contribution in [0, 0.1) is 23.7 Å². The molecule has 0 aliphatic heterocycles. The van der Waals surface area contributed by atoms with Gasteiger partial charge in [-0.25, -0.2) is 0 Å². The van der Waals surface area contributed by atoms with E-state index in [0.717, 1.165) is 18.8 Å². The van der Waals surface area contributed by atoms with Gasteiger partial charge in [0, 0.05) is 12.0 Å². The summed E-state index contributed by atoms with van der Waals surface area (Å²) in [6.07, 6.45) is 6.02. The van der Waals surface area contributed by atoms with Crippen molar-refractivity contribution < 1.29 is 4.79 Å². The van der Waals surface area contributed by atoms with Crippen molar-refractivity contribution in [2.75, 3.05) is 0 Å². The number of hydrogen-bond acceptors (Lipinski definition) is 1. The van der Waals surface area contributed by atoms with Crippen molar-refractivity contribution in [3.63, 3.8) is 0 Å². The van der Waals surface area contributed by atoms with Gasteiger partial charge in [-0.1, -0.05) is 27.2 Å². The Labute approximate surface area is 99.2 Å². The average Bonchev–Trinajstić information content (AvgIpc) is 2.99. The molecule has 2 saturated carbocycles. The van der Waals surface area contributed by atoms with E-state index in [0.29, 0.717) is 29.7 Å². The van der Waals surface area contributed by atoms with E-state index in [2.05, 4.69) is 26.1 Å². The number of carbonyl (C=O) groups is 1. The van der Waals surface area contributed by atoms with Gasteiger partial charge in [-0.2, -0.15) is 0 Å². The maximum absolute atomic E-state index is 11.8. The van der Waals surface area contributed by atoms with Crippen LogP contribution in [0.4, 0.5) is 0 Å². The molecule has 3 atom stereocenters. The van der Waals surface area contributed by atoms with Gasteiger partial charge < -0.3 is 5.32 Å². The molecule has 0 heterocycles. The first-order chi connectivity index (χ1) is 7.58. The second-order valence-electron chi connectivity index (χ2n) is 6.22. The normalized spacial score (nSPS) is 35.1. The number of hydrogen-bond donors (Lipinski definition) is 1. The highest BCUT2D eigenvalue weighted by Gasteiger charge is 2.35. The van der Waals surface area contributed by atoms with Gasteiger partial charge >= 0.3 is 0 Å². The maximum Gasteiger partial charge on any atom is 0.223 e. The van der Waals surface area contributed by atoms with Crippen LogP contribution in [-0.4, -0.2) is 11.9 Å². The lowest BCUT2D eigenvalue weighted by Crippen LogP contribution is -2.46. The van der Waals surface area contributed by atoms with Crippen LogP contribution in [0.5, 0.6) is 0 Å². The highest BCUT2D eigenvalue weighted by molar-refractivity contribution is 5.81. The number of carbonyl (C=O) groups excluding carboxylic acids is 1. The molecule has 2 heteroatoms. The van der Waals surface area contributed by atoms with Crippen LogP contribution in [0.2, 0.25) is 0 Å². The smallest absolute Gasteiger partial charge is 0.223 e. The molecule has 0 bridgehead atoms. The number of rotatable bonds is 3. The molecule has 1 amide bonds. The van der Waals surface area contributed by atoms with Crippen LogP contribution in [-0.2, 0) is 4.79 Å². The molecule has 0 spiro atoms. The van der Waals surface area contributed by atoms with Crippen molar-refractivity contribution in [2.24, 2.45) is 23.7 Å². The van der Waals surface area contributed by atoms with Crippen molar-refractivity contribution in [3.8, 4) is 0 Å². The Morgan fingerprint density at radius 2 is 1.88 bits per heavy atom. The van der Waals surface area contributed by atoms with Gasteiger partial charge in [0.2, 0.25) is 5.91 Å². The van der Waals surface area contributed by atoms with Crippen molar-refractivity contribution in [1.29, 1.82) is 0 Å². The van der Waals surface area contributed by atoms with Gasteiger partial charge in [0.15, 0.2) is 0 Å². The fraction of sp³-hybridized carbons (Fsp3) is 0.929. The molecule has 0 aromatic carbocycles. The molecule has 0 radical (unpaired) electrons. The summed E-state index contributed by atoms with van der Waals surface area (Å²) in [5.74, 6) is 2.84. The van der Waals surface area contributed by atoms with E-state index in [4.69, 9.17) is 0 Å². The lowest BCUT2D eigenvalue weighted by Gasteiger charge is -2.37. The Hall–Kier alpha value is -0.530. The first-order valence-electron chi connectivity index (χ1n) is 6.88. The molecular weight excluding hydrogens is 198 g/mol. The first-order valence-corrected chi connectivity index (χ1v) is 6.88. The highest BCUT2D eigenvalue weighted by Crippen LogP contribution is 2.35. The van der Waals surface area contributed by atoms with Crippen LogP contribution in [0.25, 0.3) is 0 Å². The summed E-state index contributed by atoms with van der Waals surface area (Å²) < 4.78 is 0. The molecule has 0 saturated heterocycles. The van der Waals surface area contributed by atoms with Crippen LogP contribution in [0.3, 0.4) is 0 Å². The first kappa shape index (κ1) is 11.9. The predicted octanol–water partition coefficient (Wildman–Crippen LogP) is 2.97. The van der Waals surface area contributed by atoms with Crippen molar-refractivity contribution in [1.82, 2.24) is 5.32 Å². The SMILES string of the molecule is CC(C)C1CC[C@H](C)C[C@H]1NC(=O)C1CC1. The lowest BCUT2D eigenvalue weighted by atomic mass is 9.74. The van der Waals surface area contributed by atoms with Gasteiger partial charge in [0.25, 0.3) is 0 Å². The topological polar surface area (TPSA) is 29.1 Å². The summed E-state index contributed by atoms with van der Waals surface area (Å²) >= 11 is 0. The molecule has 1 unspecified atom stereocenters. The molecular formula is C14H25NO. The molecule has 1 N–H and O–H groups in total. The summed E-state index contributed by atoms with van der Waals surface area (Å²) in [4.78, 5) is 11.8. The summed E-state index contributed by atoms with van der Waals surface area (Å²) in [6.45, 7) is 6.89. The molecule has 2 fully saturated rings. The minimum atomic E-state index is 0.324. The second-order valence-corrected chi connectivity index (χ2v) is 6.22. The Balaban J connectivity index is 1.93. The molecule has 2 nitrogen and oxygen atoms in total. The van der Waals surface area contributed by atoms with E-state index < -0.39 is 0 Å². The van der Waals surface area contributed by atoms with Gasteiger partial charge in [-0.3, -0.25) is 4.79 Å². The molecule has 16 heavy (non-hydrogen) atoms. The van der Waals surface area contributed by atoms with E-state index in [-0.39, 0.29) is 0 Å². The molecule has 0 aromatic heterocycles. The summed E-state index contributed by atoms with van der Waals surface area (Å²) in [6, 6.07) is 0.442. The fourth-order valence-corrected chi connectivity index (χ4v) is 3.01. The summed E-state index contributed by atoms with van der Waals surface area (Å²) in [7, 11) is 0. The minimum Gasteiger partial charge on any atom is -0.353 e. The highest BCUT2D eigenvalue weighted by atomic mass is 16.2. The Morgan fingerprint density at radius 1 is 1.19 bits per heavy atom. The average molecular weight is 223 g/mol. The third-order valence-corrected chi connectivity index (χ3v) is 4.30. The summed E-state index contributed by atoms with van der Waals surface area (Å²) in [5.41, 5.74) is 0. The Bertz CT molecular complexity index is 257. The number of amides is 1. The van der Waals surface area contributed by atoms with Crippen LogP contribution in [0.1, 0.15) is 52.9 Å². The van der Waals surface area contributed by atoms with E-state index >= 15 is 0 Å². The minimum absolute atomic E-state index is 0.324. The largest absolute Gasteiger partial charge is 0.353 e. The maximum atomic E-state index is 11.8. The summed E-state index contributed by atoms with van der Waals surface area (Å²) in [5, 5.41) is 3.30. The van der Waals surface area contributed by atoms with Gasteiger partial charge in [-0.15, -0.1) is 0 Å². The third kappa shape index (κ3) is 2.78.